The number of aliphatic hydroxyl groups is 1. The molecule has 0 radical (unpaired) electrons. The van der Waals surface area contributed by atoms with Gasteiger partial charge in [-0.2, -0.15) is 0 Å². The molecule has 1 fully saturated rings. The molecule has 3 nitrogen and oxygen atoms in total. The Morgan fingerprint density at radius 1 is 1.56 bits per heavy atom. The van der Waals surface area contributed by atoms with Crippen molar-refractivity contribution < 1.29 is 14.3 Å². The van der Waals surface area contributed by atoms with Gasteiger partial charge in [0.15, 0.2) is 0 Å². The van der Waals surface area contributed by atoms with Gasteiger partial charge in [0, 0.05) is 0 Å². The third-order valence-corrected chi connectivity index (χ3v) is 3.63. The fraction of sp³-hybridized carbons (Fsp3) is 0.364. The van der Waals surface area contributed by atoms with Crippen LogP contribution < -0.4 is 0 Å². The molecule has 1 heterocycles. The molecule has 0 spiro atoms. The van der Waals surface area contributed by atoms with Crippen molar-refractivity contribution in [2.45, 2.75) is 12.5 Å². The first-order valence-electron chi connectivity index (χ1n) is 4.86. The number of benzene rings is 1. The predicted molar refractivity (Wildman–Crippen MR) is 65.6 cm³/mol. The van der Waals surface area contributed by atoms with Crippen molar-refractivity contribution in [2.75, 3.05) is 13.1 Å². The molecule has 1 aromatic carbocycles. The maximum absolute atomic E-state index is 13.2. The highest BCUT2D eigenvalue weighted by Gasteiger charge is 2.40. The zero-order valence-electron chi connectivity index (χ0n) is 8.70. The number of carbonyl (C=O) groups excluding carboxylic acids is 1. The van der Waals surface area contributed by atoms with Gasteiger partial charge in [0.05, 0.1) is 27.8 Å². The molecule has 16 heavy (non-hydrogen) atoms. The molecule has 0 bridgehead atoms. The Kier molecular flexibility index (Phi) is 2.91. The first kappa shape index (κ1) is 11.8. The molecule has 5 heteroatoms. The lowest BCUT2D eigenvalue weighted by molar-refractivity contribution is -0.0669. The molecule has 1 amide bonds. The summed E-state index contributed by atoms with van der Waals surface area (Å²) < 4.78 is 13.6. The van der Waals surface area contributed by atoms with E-state index in [9.17, 15) is 14.3 Å². The van der Waals surface area contributed by atoms with Crippen LogP contribution in [0.1, 0.15) is 17.3 Å². The number of nitrogens with zero attached hydrogens (tertiary/aromatic N) is 1. The number of carbonyl (C=O) groups is 1. The Labute approximate surface area is 106 Å². The van der Waals surface area contributed by atoms with Crippen LogP contribution in [0.25, 0.3) is 0 Å². The van der Waals surface area contributed by atoms with E-state index in [4.69, 9.17) is 0 Å². The van der Waals surface area contributed by atoms with Crippen molar-refractivity contribution in [1.29, 1.82) is 0 Å². The minimum Gasteiger partial charge on any atom is -0.386 e. The highest BCUT2D eigenvalue weighted by molar-refractivity contribution is 14.1. The van der Waals surface area contributed by atoms with Crippen LogP contribution in [0.3, 0.4) is 0 Å². The summed E-state index contributed by atoms with van der Waals surface area (Å²) in [6.07, 6.45) is 0. The second-order valence-corrected chi connectivity index (χ2v) is 5.34. The van der Waals surface area contributed by atoms with Gasteiger partial charge in [-0.25, -0.2) is 4.39 Å². The molecule has 1 aromatic rings. The van der Waals surface area contributed by atoms with E-state index in [0.717, 1.165) is 0 Å². The second-order valence-electron chi connectivity index (χ2n) is 4.26. The lowest BCUT2D eigenvalue weighted by atomic mass is 9.96. The van der Waals surface area contributed by atoms with Gasteiger partial charge in [-0.3, -0.25) is 4.79 Å². The standard InChI is InChI=1S/C11H11FINO2/c1-11(16)5-14(6-11)10(15)7-3-2-4-8(12)9(7)13/h2-4,16H,5-6H2,1H3. The van der Waals surface area contributed by atoms with Gasteiger partial charge in [0.1, 0.15) is 5.82 Å². The quantitative estimate of drug-likeness (QED) is 0.793. The molecule has 2 rings (SSSR count). The average Bonchev–Trinajstić information content (AvgIpc) is 2.17. The predicted octanol–water partition coefficient (Wildman–Crippen LogP) is 1.64. The number of likely N-dealkylation sites (tertiary alicyclic amines) is 1. The Hall–Kier alpha value is -0.690. The van der Waals surface area contributed by atoms with Crippen molar-refractivity contribution >= 4 is 28.5 Å². The van der Waals surface area contributed by atoms with Crippen molar-refractivity contribution in [3.63, 3.8) is 0 Å². The Balaban J connectivity index is 2.20. The number of rotatable bonds is 1. The van der Waals surface area contributed by atoms with E-state index in [1.54, 1.807) is 13.0 Å². The summed E-state index contributed by atoms with van der Waals surface area (Å²) in [5.41, 5.74) is -0.440. The summed E-state index contributed by atoms with van der Waals surface area (Å²) in [5.74, 6) is -0.617. The SMILES string of the molecule is CC1(O)CN(C(=O)c2cccc(F)c2I)C1. The number of β-amino-alcohol motifs (C(OH)–C–C–N with tert-alkyl or cyclic N) is 1. The van der Waals surface area contributed by atoms with Crippen molar-refractivity contribution in [3.05, 3.63) is 33.1 Å². The summed E-state index contributed by atoms with van der Waals surface area (Å²) in [6, 6.07) is 4.44. The molecule has 0 unspecified atom stereocenters. The van der Waals surface area contributed by atoms with Crippen molar-refractivity contribution in [1.82, 2.24) is 4.90 Å². The van der Waals surface area contributed by atoms with Crippen LogP contribution in [0.15, 0.2) is 18.2 Å². The van der Waals surface area contributed by atoms with Crippen molar-refractivity contribution in [2.24, 2.45) is 0 Å². The van der Waals surface area contributed by atoms with Crippen molar-refractivity contribution in [3.8, 4) is 0 Å². The van der Waals surface area contributed by atoms with Gasteiger partial charge in [-0.05, 0) is 41.6 Å². The van der Waals surface area contributed by atoms with E-state index < -0.39 is 11.4 Å². The van der Waals surface area contributed by atoms with E-state index >= 15 is 0 Å². The number of hydrogen-bond donors (Lipinski definition) is 1. The molecule has 86 valence electrons. The first-order chi connectivity index (χ1) is 7.41. The van der Waals surface area contributed by atoms with E-state index in [2.05, 4.69) is 0 Å². The largest absolute Gasteiger partial charge is 0.386 e. The number of hydrogen-bond acceptors (Lipinski definition) is 2. The normalized spacial score (nSPS) is 18.1. The molecular weight excluding hydrogens is 324 g/mol. The second kappa shape index (κ2) is 3.96. The molecule has 0 aliphatic carbocycles. The zero-order chi connectivity index (χ0) is 11.9. The fourth-order valence-electron chi connectivity index (χ4n) is 1.76. The molecule has 1 aliphatic rings. The number of halogens is 2. The Morgan fingerprint density at radius 3 is 2.75 bits per heavy atom. The monoisotopic (exact) mass is 335 g/mol. The van der Waals surface area contributed by atoms with Gasteiger partial charge in [0.2, 0.25) is 0 Å². The fourth-order valence-corrected chi connectivity index (χ4v) is 2.35. The smallest absolute Gasteiger partial charge is 0.255 e. The van der Waals surface area contributed by atoms with Crippen LogP contribution in [0.5, 0.6) is 0 Å². The third kappa shape index (κ3) is 2.06. The maximum Gasteiger partial charge on any atom is 0.255 e. The summed E-state index contributed by atoms with van der Waals surface area (Å²) in [5, 5.41) is 9.53. The first-order valence-corrected chi connectivity index (χ1v) is 5.94. The third-order valence-electron chi connectivity index (χ3n) is 2.53. The van der Waals surface area contributed by atoms with E-state index in [0.29, 0.717) is 22.2 Å². The Bertz CT molecular complexity index is 440. The van der Waals surface area contributed by atoms with Crippen LogP contribution in [-0.2, 0) is 0 Å². The van der Waals surface area contributed by atoms with Crippen LogP contribution in [-0.4, -0.2) is 34.6 Å². The van der Waals surface area contributed by atoms with Crippen LogP contribution in [0.2, 0.25) is 0 Å². The molecular formula is C11H11FINO2. The average molecular weight is 335 g/mol. The molecule has 0 aromatic heterocycles. The van der Waals surface area contributed by atoms with E-state index in [-0.39, 0.29) is 5.91 Å². The minimum absolute atomic E-state index is 0.226. The summed E-state index contributed by atoms with van der Waals surface area (Å²) in [6.45, 7) is 2.28. The maximum atomic E-state index is 13.2. The molecule has 1 saturated heterocycles. The van der Waals surface area contributed by atoms with Gasteiger partial charge in [0.25, 0.3) is 5.91 Å². The summed E-state index contributed by atoms with van der Waals surface area (Å²) >= 11 is 1.82. The highest BCUT2D eigenvalue weighted by atomic mass is 127. The Morgan fingerprint density at radius 2 is 2.19 bits per heavy atom. The highest BCUT2D eigenvalue weighted by Crippen LogP contribution is 2.24. The lowest BCUT2D eigenvalue weighted by Gasteiger charge is -2.44. The van der Waals surface area contributed by atoms with Gasteiger partial charge >= 0.3 is 0 Å². The topological polar surface area (TPSA) is 40.5 Å². The summed E-state index contributed by atoms with van der Waals surface area (Å²) in [7, 11) is 0. The summed E-state index contributed by atoms with van der Waals surface area (Å²) in [4.78, 5) is 13.4. The van der Waals surface area contributed by atoms with Gasteiger partial charge in [-0.15, -0.1) is 0 Å². The van der Waals surface area contributed by atoms with Gasteiger partial charge in [-0.1, -0.05) is 6.07 Å². The van der Waals surface area contributed by atoms with Crippen LogP contribution >= 0.6 is 22.6 Å². The van der Waals surface area contributed by atoms with E-state index in [1.807, 2.05) is 22.6 Å². The minimum atomic E-state index is -0.797. The molecule has 1 N–H and O–H groups in total. The number of amides is 1. The zero-order valence-corrected chi connectivity index (χ0v) is 10.9. The molecule has 1 aliphatic heterocycles. The molecule has 0 saturated carbocycles. The van der Waals surface area contributed by atoms with Crippen LogP contribution in [0.4, 0.5) is 4.39 Å². The van der Waals surface area contributed by atoms with E-state index in [1.165, 1.54) is 17.0 Å². The molecule has 0 atom stereocenters. The lowest BCUT2D eigenvalue weighted by Crippen LogP contribution is -2.61. The van der Waals surface area contributed by atoms with Crippen LogP contribution in [0, 0.1) is 9.39 Å². The van der Waals surface area contributed by atoms with Gasteiger partial charge < -0.3 is 10.0 Å².